The van der Waals surface area contributed by atoms with Gasteiger partial charge < -0.3 is 9.80 Å². The molecular formula is C21H30N2O2. The molecule has 4 heteroatoms. The minimum atomic E-state index is 0.112. The third-order valence-electron chi connectivity index (χ3n) is 5.55. The van der Waals surface area contributed by atoms with E-state index in [1.807, 2.05) is 30.0 Å². The number of hydrogen-bond donors (Lipinski definition) is 0. The van der Waals surface area contributed by atoms with Gasteiger partial charge in [-0.05, 0) is 38.2 Å². The van der Waals surface area contributed by atoms with Crippen LogP contribution in [0, 0.1) is 12.8 Å². The predicted octanol–water partition coefficient (Wildman–Crippen LogP) is 3.18. The summed E-state index contributed by atoms with van der Waals surface area (Å²) in [5.74, 6) is 0.625. The number of piperidine rings is 1. The average Bonchev–Trinajstić information content (AvgIpc) is 2.90. The summed E-state index contributed by atoms with van der Waals surface area (Å²) in [6.45, 7) is 5.33. The number of carbonyl (C=O) groups is 2. The first-order valence-electron chi connectivity index (χ1n) is 9.75. The summed E-state index contributed by atoms with van der Waals surface area (Å²) in [4.78, 5) is 29.3. The molecule has 136 valence electrons. The van der Waals surface area contributed by atoms with Gasteiger partial charge >= 0.3 is 0 Å². The SMILES string of the molecule is Cc1cccc(CC(=O)N2CCC(C(=O)N3CCCCCC3)CC2)c1. The number of benzene rings is 1. The fourth-order valence-corrected chi connectivity index (χ4v) is 4.03. The Balaban J connectivity index is 1.49. The molecule has 2 aliphatic rings. The van der Waals surface area contributed by atoms with Crippen LogP contribution in [0.2, 0.25) is 0 Å². The maximum atomic E-state index is 12.7. The van der Waals surface area contributed by atoms with Crippen molar-refractivity contribution in [2.45, 2.75) is 51.9 Å². The highest BCUT2D eigenvalue weighted by Crippen LogP contribution is 2.22. The Hall–Kier alpha value is -1.84. The van der Waals surface area contributed by atoms with E-state index < -0.39 is 0 Å². The Morgan fingerprint density at radius 1 is 0.960 bits per heavy atom. The average molecular weight is 342 g/mol. The standard InChI is InChI=1S/C21H30N2O2/c1-17-7-6-8-18(15-17)16-20(24)22-13-9-19(10-14-22)21(25)23-11-4-2-3-5-12-23/h6-8,15,19H,2-5,9-14,16H2,1H3. The van der Waals surface area contributed by atoms with Gasteiger partial charge in [0.2, 0.25) is 11.8 Å². The van der Waals surface area contributed by atoms with Gasteiger partial charge in [0.15, 0.2) is 0 Å². The lowest BCUT2D eigenvalue weighted by molar-refractivity contribution is -0.140. The molecule has 0 saturated carbocycles. The normalized spacial score (nSPS) is 19.6. The smallest absolute Gasteiger partial charge is 0.226 e. The Bertz CT molecular complexity index is 598. The monoisotopic (exact) mass is 342 g/mol. The first-order chi connectivity index (χ1) is 12.1. The summed E-state index contributed by atoms with van der Waals surface area (Å²) in [7, 11) is 0. The van der Waals surface area contributed by atoms with Crippen molar-refractivity contribution < 1.29 is 9.59 Å². The molecule has 2 amide bonds. The summed E-state index contributed by atoms with van der Waals surface area (Å²) in [5, 5.41) is 0. The molecule has 0 bridgehead atoms. The zero-order valence-electron chi connectivity index (χ0n) is 15.4. The molecule has 25 heavy (non-hydrogen) atoms. The van der Waals surface area contributed by atoms with Crippen molar-refractivity contribution in [3.63, 3.8) is 0 Å². The summed E-state index contributed by atoms with van der Waals surface area (Å²) in [6.07, 6.45) is 6.86. The molecule has 4 nitrogen and oxygen atoms in total. The van der Waals surface area contributed by atoms with Crippen LogP contribution in [0.25, 0.3) is 0 Å². The van der Waals surface area contributed by atoms with Gasteiger partial charge in [0.1, 0.15) is 0 Å². The van der Waals surface area contributed by atoms with Crippen molar-refractivity contribution in [1.29, 1.82) is 0 Å². The molecule has 0 N–H and O–H groups in total. The van der Waals surface area contributed by atoms with E-state index in [-0.39, 0.29) is 11.8 Å². The van der Waals surface area contributed by atoms with E-state index in [4.69, 9.17) is 0 Å². The lowest BCUT2D eigenvalue weighted by Gasteiger charge is -2.34. The number of amides is 2. The summed E-state index contributed by atoms with van der Waals surface area (Å²) in [5.41, 5.74) is 2.26. The molecule has 0 unspecified atom stereocenters. The molecule has 0 aliphatic carbocycles. The first-order valence-corrected chi connectivity index (χ1v) is 9.75. The molecule has 1 aromatic rings. The van der Waals surface area contributed by atoms with Gasteiger partial charge in [-0.1, -0.05) is 42.7 Å². The largest absolute Gasteiger partial charge is 0.342 e. The number of likely N-dealkylation sites (tertiary alicyclic amines) is 2. The maximum Gasteiger partial charge on any atom is 0.226 e. The molecule has 2 aliphatic heterocycles. The number of aryl methyl sites for hydroxylation is 1. The van der Waals surface area contributed by atoms with E-state index in [9.17, 15) is 9.59 Å². The zero-order valence-corrected chi connectivity index (χ0v) is 15.4. The number of carbonyl (C=O) groups excluding carboxylic acids is 2. The molecule has 3 rings (SSSR count). The molecular weight excluding hydrogens is 312 g/mol. The van der Waals surface area contributed by atoms with Crippen LogP contribution < -0.4 is 0 Å². The second-order valence-electron chi connectivity index (χ2n) is 7.56. The lowest BCUT2D eigenvalue weighted by atomic mass is 9.94. The Kier molecular flexibility index (Phi) is 6.11. The molecule has 0 aromatic heterocycles. The summed E-state index contributed by atoms with van der Waals surface area (Å²) < 4.78 is 0. The minimum Gasteiger partial charge on any atom is -0.342 e. The van der Waals surface area contributed by atoms with Gasteiger partial charge in [-0.2, -0.15) is 0 Å². The van der Waals surface area contributed by atoms with Crippen molar-refractivity contribution in [3.05, 3.63) is 35.4 Å². The Morgan fingerprint density at radius 3 is 2.28 bits per heavy atom. The molecule has 2 saturated heterocycles. The van der Waals surface area contributed by atoms with Crippen molar-refractivity contribution in [2.24, 2.45) is 5.92 Å². The highest BCUT2D eigenvalue weighted by atomic mass is 16.2. The summed E-state index contributed by atoms with van der Waals surface area (Å²) in [6, 6.07) is 8.14. The highest BCUT2D eigenvalue weighted by Gasteiger charge is 2.30. The number of rotatable bonds is 3. The van der Waals surface area contributed by atoms with Crippen LogP contribution in [0.3, 0.4) is 0 Å². The van der Waals surface area contributed by atoms with Crippen molar-refractivity contribution in [2.75, 3.05) is 26.2 Å². The maximum absolute atomic E-state index is 12.7. The fourth-order valence-electron chi connectivity index (χ4n) is 4.03. The van der Waals surface area contributed by atoms with Crippen LogP contribution in [-0.2, 0) is 16.0 Å². The minimum absolute atomic E-state index is 0.112. The van der Waals surface area contributed by atoms with Gasteiger partial charge in [0, 0.05) is 32.1 Å². The zero-order chi connectivity index (χ0) is 17.6. The van der Waals surface area contributed by atoms with Gasteiger partial charge in [-0.15, -0.1) is 0 Å². The van der Waals surface area contributed by atoms with Gasteiger partial charge in [-0.3, -0.25) is 9.59 Å². The van der Waals surface area contributed by atoms with Crippen LogP contribution in [0.5, 0.6) is 0 Å². The van der Waals surface area contributed by atoms with Crippen LogP contribution in [0.1, 0.15) is 49.7 Å². The number of hydrogen-bond acceptors (Lipinski definition) is 2. The van der Waals surface area contributed by atoms with Crippen molar-refractivity contribution in [1.82, 2.24) is 9.80 Å². The second-order valence-corrected chi connectivity index (χ2v) is 7.56. The highest BCUT2D eigenvalue weighted by molar-refractivity contribution is 5.81. The van der Waals surface area contributed by atoms with Gasteiger partial charge in [0.25, 0.3) is 0 Å². The molecule has 2 heterocycles. The molecule has 2 fully saturated rings. The third-order valence-corrected chi connectivity index (χ3v) is 5.55. The first kappa shape index (κ1) is 18.0. The summed E-state index contributed by atoms with van der Waals surface area (Å²) >= 11 is 0. The topological polar surface area (TPSA) is 40.6 Å². The van der Waals surface area contributed by atoms with Crippen LogP contribution in [0.15, 0.2) is 24.3 Å². The quantitative estimate of drug-likeness (QED) is 0.846. The fraction of sp³-hybridized carbons (Fsp3) is 0.619. The van der Waals surface area contributed by atoms with E-state index >= 15 is 0 Å². The predicted molar refractivity (Wildman–Crippen MR) is 99.2 cm³/mol. The molecule has 0 radical (unpaired) electrons. The molecule has 0 spiro atoms. The Labute approximate surface area is 151 Å². The van der Waals surface area contributed by atoms with Crippen LogP contribution >= 0.6 is 0 Å². The van der Waals surface area contributed by atoms with Crippen LogP contribution in [0.4, 0.5) is 0 Å². The van der Waals surface area contributed by atoms with Crippen molar-refractivity contribution in [3.8, 4) is 0 Å². The van der Waals surface area contributed by atoms with Gasteiger partial charge in [-0.25, -0.2) is 0 Å². The lowest BCUT2D eigenvalue weighted by Crippen LogP contribution is -2.45. The molecule has 1 aromatic carbocycles. The van der Waals surface area contributed by atoms with E-state index in [1.54, 1.807) is 0 Å². The third kappa shape index (κ3) is 4.83. The van der Waals surface area contributed by atoms with E-state index in [0.29, 0.717) is 12.3 Å². The second kappa shape index (κ2) is 8.50. The van der Waals surface area contributed by atoms with E-state index in [1.165, 1.54) is 18.4 Å². The van der Waals surface area contributed by atoms with Crippen LogP contribution in [-0.4, -0.2) is 47.8 Å². The van der Waals surface area contributed by atoms with E-state index in [2.05, 4.69) is 11.0 Å². The molecule has 0 atom stereocenters. The Morgan fingerprint density at radius 2 is 1.64 bits per heavy atom. The van der Waals surface area contributed by atoms with Crippen molar-refractivity contribution >= 4 is 11.8 Å². The van der Waals surface area contributed by atoms with E-state index in [0.717, 1.165) is 57.4 Å². The van der Waals surface area contributed by atoms with Gasteiger partial charge in [0.05, 0.1) is 6.42 Å². The number of nitrogens with zero attached hydrogens (tertiary/aromatic N) is 2.